The molecule has 1 aliphatic heterocycles. The molecule has 0 fully saturated rings. The van der Waals surface area contributed by atoms with Crippen molar-refractivity contribution in [1.82, 2.24) is 0 Å². The minimum absolute atomic E-state index is 0.140. The first-order valence-electron chi connectivity index (χ1n) is 7.75. The number of carbonyl (C=O) groups is 2. The van der Waals surface area contributed by atoms with Crippen molar-refractivity contribution in [3.8, 4) is 11.5 Å². The largest absolute Gasteiger partial charge is 0.454 e. The van der Waals surface area contributed by atoms with Crippen LogP contribution in [0.5, 0.6) is 11.5 Å². The molecule has 6 nitrogen and oxygen atoms in total. The molecule has 2 N–H and O–H groups in total. The molecule has 2 aromatic carbocycles. The van der Waals surface area contributed by atoms with Gasteiger partial charge in [0.25, 0.3) is 0 Å². The van der Waals surface area contributed by atoms with Crippen LogP contribution in [0.1, 0.15) is 13.8 Å². The van der Waals surface area contributed by atoms with Crippen molar-refractivity contribution in [2.75, 3.05) is 17.4 Å². The molecule has 0 aliphatic carbocycles. The van der Waals surface area contributed by atoms with Gasteiger partial charge < -0.3 is 20.1 Å². The van der Waals surface area contributed by atoms with Gasteiger partial charge in [0.1, 0.15) is 5.41 Å². The van der Waals surface area contributed by atoms with Crippen LogP contribution in [0.4, 0.5) is 11.4 Å². The lowest BCUT2D eigenvalue weighted by atomic mass is 9.90. The predicted octanol–water partition coefficient (Wildman–Crippen LogP) is 4.33. The molecule has 0 atom stereocenters. The average Bonchev–Trinajstić information content (AvgIpc) is 3.05. The molecule has 2 aromatic rings. The van der Waals surface area contributed by atoms with Gasteiger partial charge >= 0.3 is 0 Å². The van der Waals surface area contributed by atoms with Crippen LogP contribution in [0.2, 0.25) is 10.0 Å². The summed E-state index contributed by atoms with van der Waals surface area (Å²) < 4.78 is 10.5. The Balaban J connectivity index is 1.72. The van der Waals surface area contributed by atoms with Gasteiger partial charge in [-0.1, -0.05) is 23.2 Å². The first kappa shape index (κ1) is 18.4. The van der Waals surface area contributed by atoms with E-state index in [1.165, 1.54) is 19.9 Å². The van der Waals surface area contributed by atoms with Crippen molar-refractivity contribution in [2.24, 2.45) is 5.41 Å². The number of carbonyl (C=O) groups excluding carboxylic acids is 2. The number of rotatable bonds is 4. The third-order valence-electron chi connectivity index (χ3n) is 3.94. The normalized spacial score (nSPS) is 12.6. The first-order chi connectivity index (χ1) is 12.3. The molecule has 0 saturated carbocycles. The van der Waals surface area contributed by atoms with E-state index in [9.17, 15) is 9.59 Å². The van der Waals surface area contributed by atoms with Crippen molar-refractivity contribution < 1.29 is 19.1 Å². The molecule has 1 aliphatic rings. The predicted molar refractivity (Wildman–Crippen MR) is 100 cm³/mol. The van der Waals surface area contributed by atoms with Gasteiger partial charge in [0.2, 0.25) is 18.6 Å². The maximum Gasteiger partial charge on any atom is 0.239 e. The smallest absolute Gasteiger partial charge is 0.239 e. The monoisotopic (exact) mass is 394 g/mol. The second kappa shape index (κ2) is 7.05. The summed E-state index contributed by atoms with van der Waals surface area (Å²) in [5.74, 6) is 0.151. The van der Waals surface area contributed by atoms with Crippen LogP contribution in [0.25, 0.3) is 0 Å². The maximum absolute atomic E-state index is 12.6. The Kier molecular flexibility index (Phi) is 4.98. The van der Waals surface area contributed by atoms with E-state index in [-0.39, 0.29) is 6.79 Å². The summed E-state index contributed by atoms with van der Waals surface area (Å²) in [7, 11) is 0. The van der Waals surface area contributed by atoms with Crippen molar-refractivity contribution in [2.45, 2.75) is 13.8 Å². The fourth-order valence-corrected chi connectivity index (χ4v) is 2.57. The molecular formula is C18H16Cl2N2O4. The minimum atomic E-state index is -1.36. The molecule has 0 bridgehead atoms. The van der Waals surface area contributed by atoms with Gasteiger partial charge in [-0.05, 0) is 44.2 Å². The van der Waals surface area contributed by atoms with Gasteiger partial charge in [-0.2, -0.15) is 0 Å². The Morgan fingerprint density at radius 3 is 2.42 bits per heavy atom. The number of fused-ring (bicyclic) bond motifs is 1. The average molecular weight is 395 g/mol. The highest BCUT2D eigenvalue weighted by Crippen LogP contribution is 2.35. The molecular weight excluding hydrogens is 379 g/mol. The summed E-state index contributed by atoms with van der Waals surface area (Å²) in [6, 6.07) is 9.70. The van der Waals surface area contributed by atoms with E-state index in [2.05, 4.69) is 10.6 Å². The fraction of sp³-hybridized carbons (Fsp3) is 0.222. The Morgan fingerprint density at radius 2 is 1.65 bits per heavy atom. The van der Waals surface area contributed by atoms with E-state index in [4.69, 9.17) is 32.7 Å². The van der Waals surface area contributed by atoms with Gasteiger partial charge in [-0.15, -0.1) is 0 Å². The lowest BCUT2D eigenvalue weighted by molar-refractivity contribution is -0.135. The van der Waals surface area contributed by atoms with Crippen LogP contribution in [-0.4, -0.2) is 18.6 Å². The Morgan fingerprint density at radius 1 is 0.962 bits per heavy atom. The number of hydrogen-bond acceptors (Lipinski definition) is 4. The third kappa shape index (κ3) is 3.71. The van der Waals surface area contributed by atoms with Gasteiger partial charge in [0.05, 0.1) is 10.7 Å². The number of benzene rings is 2. The number of anilines is 2. The molecule has 0 radical (unpaired) electrons. The van der Waals surface area contributed by atoms with E-state index in [0.29, 0.717) is 32.9 Å². The van der Waals surface area contributed by atoms with E-state index in [1.54, 1.807) is 30.3 Å². The van der Waals surface area contributed by atoms with Crippen molar-refractivity contribution >= 4 is 46.4 Å². The van der Waals surface area contributed by atoms with Crippen LogP contribution in [-0.2, 0) is 9.59 Å². The standard InChI is InChI=1S/C18H16Cl2N2O4/c1-18(2,17(24)22-13-7-10(19)3-5-12(13)20)16(23)21-11-4-6-14-15(8-11)26-9-25-14/h3-8H,9H2,1-2H3,(H,21,23)(H,22,24). The first-order valence-corrected chi connectivity index (χ1v) is 8.50. The molecule has 0 unspecified atom stereocenters. The van der Waals surface area contributed by atoms with Crippen molar-refractivity contribution in [1.29, 1.82) is 0 Å². The fourth-order valence-electron chi connectivity index (χ4n) is 2.24. The Bertz CT molecular complexity index is 883. The molecule has 1 heterocycles. The zero-order chi connectivity index (χ0) is 18.9. The number of amides is 2. The van der Waals surface area contributed by atoms with Gasteiger partial charge in [0, 0.05) is 16.8 Å². The van der Waals surface area contributed by atoms with Crippen LogP contribution in [0.3, 0.4) is 0 Å². The number of halogens is 2. The highest BCUT2D eigenvalue weighted by atomic mass is 35.5. The van der Waals surface area contributed by atoms with Gasteiger partial charge in [-0.3, -0.25) is 9.59 Å². The van der Waals surface area contributed by atoms with Gasteiger partial charge in [0.15, 0.2) is 11.5 Å². The molecule has 136 valence electrons. The summed E-state index contributed by atoms with van der Waals surface area (Å²) in [6.45, 7) is 3.17. The maximum atomic E-state index is 12.6. The second-order valence-electron chi connectivity index (χ2n) is 6.23. The lowest BCUT2D eigenvalue weighted by Crippen LogP contribution is -2.41. The quantitative estimate of drug-likeness (QED) is 0.756. The molecule has 0 saturated heterocycles. The molecule has 2 amide bonds. The third-order valence-corrected chi connectivity index (χ3v) is 4.51. The Hall–Kier alpha value is -2.44. The number of hydrogen-bond donors (Lipinski definition) is 2. The highest BCUT2D eigenvalue weighted by Gasteiger charge is 2.36. The minimum Gasteiger partial charge on any atom is -0.454 e. The molecule has 0 aromatic heterocycles. The summed E-state index contributed by atoms with van der Waals surface area (Å²) in [5.41, 5.74) is -0.517. The van der Waals surface area contributed by atoms with Crippen LogP contribution < -0.4 is 20.1 Å². The zero-order valence-electron chi connectivity index (χ0n) is 14.1. The van der Waals surface area contributed by atoms with Crippen molar-refractivity contribution in [3.05, 3.63) is 46.4 Å². The molecule has 0 spiro atoms. The lowest BCUT2D eigenvalue weighted by Gasteiger charge is -2.23. The highest BCUT2D eigenvalue weighted by molar-refractivity contribution is 6.36. The van der Waals surface area contributed by atoms with E-state index in [1.807, 2.05) is 0 Å². The van der Waals surface area contributed by atoms with Crippen LogP contribution in [0.15, 0.2) is 36.4 Å². The molecule has 8 heteroatoms. The van der Waals surface area contributed by atoms with Crippen molar-refractivity contribution in [3.63, 3.8) is 0 Å². The molecule has 26 heavy (non-hydrogen) atoms. The van der Waals surface area contributed by atoms with E-state index in [0.717, 1.165) is 0 Å². The van der Waals surface area contributed by atoms with E-state index < -0.39 is 17.2 Å². The summed E-state index contributed by atoms with van der Waals surface area (Å²) in [6.07, 6.45) is 0. The topological polar surface area (TPSA) is 76.7 Å². The Labute approximate surface area is 160 Å². The van der Waals surface area contributed by atoms with Crippen LogP contribution in [0, 0.1) is 5.41 Å². The van der Waals surface area contributed by atoms with Crippen LogP contribution >= 0.6 is 23.2 Å². The summed E-state index contributed by atoms with van der Waals surface area (Å²) in [5, 5.41) is 6.10. The van der Waals surface area contributed by atoms with E-state index >= 15 is 0 Å². The number of ether oxygens (including phenoxy) is 2. The zero-order valence-corrected chi connectivity index (χ0v) is 15.6. The number of nitrogens with one attached hydrogen (secondary N) is 2. The second-order valence-corrected chi connectivity index (χ2v) is 7.07. The van der Waals surface area contributed by atoms with Gasteiger partial charge in [-0.25, -0.2) is 0 Å². The summed E-state index contributed by atoms with van der Waals surface area (Å²) in [4.78, 5) is 25.2. The SMILES string of the molecule is CC(C)(C(=O)Nc1ccc2c(c1)OCO2)C(=O)Nc1cc(Cl)ccc1Cl. The molecule has 3 rings (SSSR count). The summed E-state index contributed by atoms with van der Waals surface area (Å²) >= 11 is 12.0.